The highest BCUT2D eigenvalue weighted by Gasteiger charge is 2.22. The van der Waals surface area contributed by atoms with Crippen molar-refractivity contribution in [3.63, 3.8) is 0 Å². The van der Waals surface area contributed by atoms with E-state index in [0.717, 1.165) is 40.0 Å². The van der Waals surface area contributed by atoms with Crippen molar-refractivity contribution in [3.8, 4) is 28.8 Å². The number of furan rings is 1. The van der Waals surface area contributed by atoms with Crippen LogP contribution in [0.2, 0.25) is 0 Å². The molecule has 1 N–H and O–H groups in total. The Hall–Kier alpha value is -3.56. The van der Waals surface area contributed by atoms with E-state index in [1.54, 1.807) is 20.5 Å². The highest BCUT2D eigenvalue weighted by molar-refractivity contribution is 7.09. The first-order chi connectivity index (χ1) is 16.6. The van der Waals surface area contributed by atoms with Crippen molar-refractivity contribution in [3.05, 3.63) is 70.4 Å². The fourth-order valence-electron chi connectivity index (χ4n) is 3.53. The van der Waals surface area contributed by atoms with Gasteiger partial charge in [0.25, 0.3) is 5.91 Å². The number of methoxy groups -OCH3 is 2. The van der Waals surface area contributed by atoms with Gasteiger partial charge in [-0.3, -0.25) is 9.36 Å². The van der Waals surface area contributed by atoms with Crippen LogP contribution in [0.15, 0.2) is 58.5 Å². The number of hydrogen-bond acceptors (Lipinski definition) is 7. The molecule has 0 aliphatic carbocycles. The van der Waals surface area contributed by atoms with Gasteiger partial charge < -0.3 is 23.9 Å². The van der Waals surface area contributed by atoms with Crippen LogP contribution < -0.4 is 14.8 Å². The number of amides is 1. The van der Waals surface area contributed by atoms with E-state index in [0.29, 0.717) is 31.2 Å². The topological polar surface area (TPSA) is 87.8 Å². The van der Waals surface area contributed by atoms with Gasteiger partial charge in [-0.2, -0.15) is 0 Å². The van der Waals surface area contributed by atoms with E-state index in [1.165, 1.54) is 11.3 Å². The molecule has 178 valence electrons. The van der Waals surface area contributed by atoms with Crippen molar-refractivity contribution < 1.29 is 23.4 Å². The van der Waals surface area contributed by atoms with Crippen LogP contribution in [0.3, 0.4) is 0 Å². The number of aromatic nitrogens is 2. The highest BCUT2D eigenvalue weighted by Crippen LogP contribution is 2.31. The van der Waals surface area contributed by atoms with E-state index in [9.17, 15) is 4.79 Å². The minimum absolute atomic E-state index is 0.140. The van der Waals surface area contributed by atoms with E-state index in [1.807, 2.05) is 59.3 Å². The number of ether oxygens (including phenoxy) is 3. The summed E-state index contributed by atoms with van der Waals surface area (Å²) >= 11 is 1.50. The number of rotatable bonds is 11. The molecule has 0 saturated carbocycles. The second-order valence-corrected chi connectivity index (χ2v) is 8.45. The van der Waals surface area contributed by atoms with E-state index in [4.69, 9.17) is 23.6 Å². The Morgan fingerprint density at radius 3 is 2.68 bits per heavy atom. The molecule has 1 aromatic carbocycles. The first-order valence-electron chi connectivity index (χ1n) is 10.9. The molecule has 0 saturated heterocycles. The second-order valence-electron chi connectivity index (χ2n) is 7.51. The zero-order valence-electron chi connectivity index (χ0n) is 19.4. The lowest BCUT2D eigenvalue weighted by Gasteiger charge is -2.08. The third kappa shape index (κ3) is 5.32. The Kier molecular flexibility index (Phi) is 7.66. The molecular formula is C25H27N3O5S. The number of benzene rings is 1. The molecule has 0 unspecified atom stereocenters. The SMILES string of the molecule is COCCCNC(=O)c1cc(-c2csc(COc3ccc(OC)cc3)n2)n(-c2ccco2)c1C. The van der Waals surface area contributed by atoms with Crippen molar-refractivity contribution in [2.75, 3.05) is 27.4 Å². The molecule has 0 bridgehead atoms. The number of carbonyl (C=O) groups is 1. The Bertz CT molecular complexity index is 1210. The monoisotopic (exact) mass is 481 g/mol. The normalized spacial score (nSPS) is 10.9. The molecule has 0 fully saturated rings. The molecule has 34 heavy (non-hydrogen) atoms. The third-order valence-corrected chi connectivity index (χ3v) is 6.09. The predicted octanol–water partition coefficient (Wildman–Crippen LogP) is 4.86. The zero-order valence-corrected chi connectivity index (χ0v) is 20.2. The van der Waals surface area contributed by atoms with Crippen LogP contribution >= 0.6 is 11.3 Å². The largest absolute Gasteiger partial charge is 0.497 e. The molecule has 4 rings (SSSR count). The van der Waals surface area contributed by atoms with E-state index in [2.05, 4.69) is 5.32 Å². The molecule has 0 aliphatic rings. The lowest BCUT2D eigenvalue weighted by atomic mass is 10.2. The number of hydrogen-bond donors (Lipinski definition) is 1. The van der Waals surface area contributed by atoms with Crippen LogP contribution in [-0.4, -0.2) is 42.8 Å². The van der Waals surface area contributed by atoms with Gasteiger partial charge in [0.1, 0.15) is 23.1 Å². The maximum absolute atomic E-state index is 12.9. The molecule has 0 spiro atoms. The van der Waals surface area contributed by atoms with E-state index in [-0.39, 0.29) is 5.91 Å². The van der Waals surface area contributed by atoms with Gasteiger partial charge in [-0.05, 0) is 49.7 Å². The van der Waals surface area contributed by atoms with Crippen LogP contribution in [0.25, 0.3) is 17.3 Å². The Balaban J connectivity index is 1.55. The maximum Gasteiger partial charge on any atom is 0.253 e. The lowest BCUT2D eigenvalue weighted by molar-refractivity contribution is 0.0948. The minimum atomic E-state index is -0.140. The Morgan fingerprint density at radius 2 is 1.97 bits per heavy atom. The summed E-state index contributed by atoms with van der Waals surface area (Å²) in [5.41, 5.74) is 2.88. The van der Waals surface area contributed by atoms with Crippen LogP contribution in [0, 0.1) is 6.92 Å². The van der Waals surface area contributed by atoms with Gasteiger partial charge in [0, 0.05) is 37.4 Å². The standard InChI is InChI=1S/C25H27N3O5S/c1-17-20(25(29)26-11-5-12-30-2)14-22(28(17)24-6-4-13-32-24)21-16-34-23(27-21)15-33-19-9-7-18(31-3)8-10-19/h4,6-10,13-14,16H,5,11-12,15H2,1-3H3,(H,26,29). The van der Waals surface area contributed by atoms with Gasteiger partial charge in [-0.15, -0.1) is 11.3 Å². The third-order valence-electron chi connectivity index (χ3n) is 5.27. The van der Waals surface area contributed by atoms with Crippen molar-refractivity contribution >= 4 is 17.2 Å². The summed E-state index contributed by atoms with van der Waals surface area (Å²) in [7, 11) is 3.27. The van der Waals surface area contributed by atoms with Crippen molar-refractivity contribution in [1.29, 1.82) is 0 Å². The van der Waals surface area contributed by atoms with Crippen molar-refractivity contribution in [2.45, 2.75) is 20.0 Å². The molecular weight excluding hydrogens is 454 g/mol. The average Bonchev–Trinajstić information content (AvgIpc) is 3.61. The summed E-state index contributed by atoms with van der Waals surface area (Å²) in [5, 5.41) is 5.73. The average molecular weight is 482 g/mol. The van der Waals surface area contributed by atoms with Crippen LogP contribution in [-0.2, 0) is 11.3 Å². The predicted molar refractivity (Wildman–Crippen MR) is 130 cm³/mol. The fourth-order valence-corrected chi connectivity index (χ4v) is 4.23. The van der Waals surface area contributed by atoms with Crippen molar-refractivity contribution in [1.82, 2.24) is 14.9 Å². The van der Waals surface area contributed by atoms with E-state index < -0.39 is 0 Å². The second kappa shape index (κ2) is 11.0. The number of nitrogens with zero attached hydrogens (tertiary/aromatic N) is 2. The van der Waals surface area contributed by atoms with Gasteiger partial charge in [0.05, 0.1) is 30.3 Å². The van der Waals surface area contributed by atoms with Gasteiger partial charge in [0.15, 0.2) is 0 Å². The molecule has 1 amide bonds. The molecule has 4 aromatic rings. The summed E-state index contributed by atoms with van der Waals surface area (Å²) in [6.07, 6.45) is 2.36. The van der Waals surface area contributed by atoms with Gasteiger partial charge in [-0.25, -0.2) is 4.98 Å². The van der Waals surface area contributed by atoms with Gasteiger partial charge in [-0.1, -0.05) is 0 Å². The quantitative estimate of drug-likeness (QED) is 0.308. The molecule has 3 aromatic heterocycles. The number of carbonyl (C=O) groups excluding carboxylic acids is 1. The fraction of sp³-hybridized carbons (Fsp3) is 0.280. The van der Waals surface area contributed by atoms with Crippen LogP contribution in [0.4, 0.5) is 0 Å². The van der Waals surface area contributed by atoms with Crippen molar-refractivity contribution in [2.24, 2.45) is 0 Å². The smallest absolute Gasteiger partial charge is 0.253 e. The summed E-state index contributed by atoms with van der Waals surface area (Å²) in [5.74, 6) is 1.99. The molecule has 3 heterocycles. The maximum atomic E-state index is 12.9. The zero-order chi connectivity index (χ0) is 23.9. The minimum Gasteiger partial charge on any atom is -0.497 e. The van der Waals surface area contributed by atoms with Gasteiger partial charge >= 0.3 is 0 Å². The Morgan fingerprint density at radius 1 is 1.18 bits per heavy atom. The number of nitrogens with one attached hydrogen (secondary N) is 1. The molecule has 0 aliphatic heterocycles. The first kappa shape index (κ1) is 23.6. The molecule has 8 nitrogen and oxygen atoms in total. The highest BCUT2D eigenvalue weighted by atomic mass is 32.1. The molecule has 0 radical (unpaired) electrons. The first-order valence-corrected chi connectivity index (χ1v) is 11.7. The van der Waals surface area contributed by atoms with Gasteiger partial charge in [0.2, 0.25) is 5.88 Å². The summed E-state index contributed by atoms with van der Waals surface area (Å²) in [6.45, 7) is 3.37. The summed E-state index contributed by atoms with van der Waals surface area (Å²) < 4.78 is 23.7. The van der Waals surface area contributed by atoms with Crippen LogP contribution in [0.1, 0.15) is 27.5 Å². The summed E-state index contributed by atoms with van der Waals surface area (Å²) in [4.78, 5) is 17.6. The lowest BCUT2D eigenvalue weighted by Crippen LogP contribution is -2.25. The number of thiazole rings is 1. The van der Waals surface area contributed by atoms with Crippen LogP contribution in [0.5, 0.6) is 11.5 Å². The molecule has 0 atom stereocenters. The summed E-state index contributed by atoms with van der Waals surface area (Å²) in [6, 6.07) is 12.9. The van der Waals surface area contributed by atoms with E-state index >= 15 is 0 Å². The molecule has 9 heteroatoms. The Labute approximate surface area is 202 Å².